The zero-order valence-corrected chi connectivity index (χ0v) is 10.1. The van der Waals surface area contributed by atoms with Crippen LogP contribution in [0.25, 0.3) is 0 Å². The molecule has 1 heterocycles. The van der Waals surface area contributed by atoms with Gasteiger partial charge in [-0.15, -0.1) is 5.10 Å². The van der Waals surface area contributed by atoms with Crippen LogP contribution in [0.1, 0.15) is 19.5 Å². The van der Waals surface area contributed by atoms with E-state index in [0.717, 1.165) is 25.3 Å². The van der Waals surface area contributed by atoms with Crippen LogP contribution < -0.4 is 5.32 Å². The minimum Gasteiger partial charge on any atom is -0.310 e. The van der Waals surface area contributed by atoms with Crippen molar-refractivity contribution in [3.8, 4) is 0 Å². The van der Waals surface area contributed by atoms with Gasteiger partial charge in [-0.2, -0.15) is 0 Å². The van der Waals surface area contributed by atoms with E-state index in [2.05, 4.69) is 41.4 Å². The largest absolute Gasteiger partial charge is 0.310 e. The summed E-state index contributed by atoms with van der Waals surface area (Å²) in [5.41, 5.74) is 0.990. The summed E-state index contributed by atoms with van der Waals surface area (Å²) in [7, 11) is 4.01. The summed E-state index contributed by atoms with van der Waals surface area (Å²) in [6.45, 7) is 7.22. The maximum Gasteiger partial charge on any atom is 0.0964 e. The summed E-state index contributed by atoms with van der Waals surface area (Å²) >= 11 is 0. The van der Waals surface area contributed by atoms with E-state index in [4.69, 9.17) is 0 Å². The fraction of sp³-hybridized carbons (Fsp3) is 0.800. The van der Waals surface area contributed by atoms with Gasteiger partial charge in [-0.05, 0) is 20.9 Å². The zero-order valence-electron chi connectivity index (χ0n) is 10.1. The van der Waals surface area contributed by atoms with Crippen molar-refractivity contribution in [1.82, 2.24) is 25.2 Å². The number of likely N-dealkylation sites (N-methyl/N-ethyl adjacent to an activating group) is 1. The van der Waals surface area contributed by atoms with Crippen LogP contribution in [0.4, 0.5) is 0 Å². The first-order valence-electron chi connectivity index (χ1n) is 5.35. The highest BCUT2D eigenvalue weighted by Crippen LogP contribution is 1.92. The van der Waals surface area contributed by atoms with Gasteiger partial charge in [-0.3, -0.25) is 4.68 Å². The second kappa shape index (κ2) is 5.82. The molecule has 0 amide bonds. The number of aromatic nitrogens is 3. The third kappa shape index (κ3) is 4.40. The molecule has 0 unspecified atom stereocenters. The summed E-state index contributed by atoms with van der Waals surface area (Å²) < 4.78 is 1.72. The van der Waals surface area contributed by atoms with Gasteiger partial charge >= 0.3 is 0 Å². The molecule has 0 aliphatic carbocycles. The fourth-order valence-corrected chi connectivity index (χ4v) is 1.21. The second-order valence-corrected chi connectivity index (χ2v) is 4.13. The van der Waals surface area contributed by atoms with E-state index in [1.165, 1.54) is 0 Å². The van der Waals surface area contributed by atoms with E-state index in [9.17, 15) is 0 Å². The van der Waals surface area contributed by atoms with Crippen molar-refractivity contribution < 1.29 is 0 Å². The Bertz CT molecular complexity index is 281. The number of rotatable bonds is 6. The highest BCUT2D eigenvalue weighted by atomic mass is 15.4. The van der Waals surface area contributed by atoms with Crippen LogP contribution >= 0.6 is 0 Å². The minimum atomic E-state index is 0.600. The summed E-state index contributed by atoms with van der Waals surface area (Å²) in [5.74, 6) is 0. The molecule has 5 nitrogen and oxygen atoms in total. The Kier molecular flexibility index (Phi) is 4.71. The number of nitrogens with zero attached hydrogens (tertiary/aromatic N) is 4. The summed E-state index contributed by atoms with van der Waals surface area (Å²) in [4.78, 5) is 2.31. The number of nitrogens with one attached hydrogen (secondary N) is 1. The minimum absolute atomic E-state index is 0.600. The first-order valence-corrected chi connectivity index (χ1v) is 5.35. The van der Waals surface area contributed by atoms with Gasteiger partial charge in [0.05, 0.1) is 5.69 Å². The van der Waals surface area contributed by atoms with Gasteiger partial charge in [-0.25, -0.2) is 0 Å². The van der Waals surface area contributed by atoms with Gasteiger partial charge in [0.25, 0.3) is 0 Å². The predicted octanol–water partition coefficient (Wildman–Crippen LogP) is 0.245. The average Bonchev–Trinajstić information content (AvgIpc) is 2.58. The smallest absolute Gasteiger partial charge is 0.0964 e. The van der Waals surface area contributed by atoms with Crippen LogP contribution in [0, 0.1) is 0 Å². The molecule has 0 aliphatic heterocycles. The third-order valence-electron chi connectivity index (χ3n) is 2.48. The SMILES string of the molecule is CC(C)N(C)CCNCc1cn(C)nn1. The van der Waals surface area contributed by atoms with E-state index in [-0.39, 0.29) is 0 Å². The van der Waals surface area contributed by atoms with Crippen molar-refractivity contribution in [2.24, 2.45) is 7.05 Å². The molecule has 15 heavy (non-hydrogen) atoms. The first kappa shape index (κ1) is 12.1. The molecule has 86 valence electrons. The third-order valence-corrected chi connectivity index (χ3v) is 2.48. The van der Waals surface area contributed by atoms with Crippen LogP contribution in [-0.2, 0) is 13.6 Å². The molecular formula is C10H21N5. The molecule has 5 heteroatoms. The zero-order chi connectivity index (χ0) is 11.3. The van der Waals surface area contributed by atoms with Crippen molar-refractivity contribution in [1.29, 1.82) is 0 Å². The Hall–Kier alpha value is -0.940. The monoisotopic (exact) mass is 211 g/mol. The standard InChI is InChI=1S/C10H21N5/c1-9(2)14(3)6-5-11-7-10-8-15(4)13-12-10/h8-9,11H,5-7H2,1-4H3. The molecule has 1 N–H and O–H groups in total. The van der Waals surface area contributed by atoms with E-state index >= 15 is 0 Å². The van der Waals surface area contributed by atoms with Gasteiger partial charge < -0.3 is 10.2 Å². The summed E-state index contributed by atoms with van der Waals surface area (Å²) in [6, 6.07) is 0.600. The quantitative estimate of drug-likeness (QED) is 0.685. The molecule has 0 spiro atoms. The lowest BCUT2D eigenvalue weighted by Gasteiger charge is -2.20. The summed E-state index contributed by atoms with van der Waals surface area (Å²) in [5, 5.41) is 11.2. The summed E-state index contributed by atoms with van der Waals surface area (Å²) in [6.07, 6.45) is 1.93. The molecule has 0 saturated carbocycles. The van der Waals surface area contributed by atoms with Gasteiger partial charge in [0.2, 0.25) is 0 Å². The van der Waals surface area contributed by atoms with Crippen LogP contribution in [0.5, 0.6) is 0 Å². The molecule has 1 rings (SSSR count). The van der Waals surface area contributed by atoms with Gasteiger partial charge in [0.1, 0.15) is 0 Å². The highest BCUT2D eigenvalue weighted by molar-refractivity contribution is 4.90. The molecule has 1 aromatic heterocycles. The van der Waals surface area contributed by atoms with Crippen LogP contribution in [0.15, 0.2) is 6.20 Å². The fourth-order valence-electron chi connectivity index (χ4n) is 1.21. The van der Waals surface area contributed by atoms with Crippen molar-refractivity contribution in [2.75, 3.05) is 20.1 Å². The Morgan fingerprint density at radius 1 is 1.53 bits per heavy atom. The second-order valence-electron chi connectivity index (χ2n) is 4.13. The lowest BCUT2D eigenvalue weighted by atomic mass is 10.3. The molecule has 0 bridgehead atoms. The molecule has 0 fully saturated rings. The van der Waals surface area contributed by atoms with E-state index in [1.807, 2.05) is 13.2 Å². The van der Waals surface area contributed by atoms with Gasteiger partial charge in [0, 0.05) is 38.9 Å². The first-order chi connectivity index (χ1) is 7.09. The van der Waals surface area contributed by atoms with E-state index in [0.29, 0.717) is 6.04 Å². The molecule has 0 saturated heterocycles. The van der Waals surface area contributed by atoms with E-state index < -0.39 is 0 Å². The van der Waals surface area contributed by atoms with Crippen molar-refractivity contribution in [2.45, 2.75) is 26.4 Å². The molecule has 0 aliphatic rings. The topological polar surface area (TPSA) is 46.0 Å². The Labute approximate surface area is 91.5 Å². The molecule has 0 atom stereocenters. The van der Waals surface area contributed by atoms with Crippen LogP contribution in [-0.4, -0.2) is 46.1 Å². The molecule has 0 radical (unpaired) electrons. The number of hydrogen-bond acceptors (Lipinski definition) is 4. The average molecular weight is 211 g/mol. The van der Waals surface area contributed by atoms with Gasteiger partial charge in [-0.1, -0.05) is 5.21 Å². The lowest BCUT2D eigenvalue weighted by molar-refractivity contribution is 0.273. The molecular weight excluding hydrogens is 190 g/mol. The number of hydrogen-bond donors (Lipinski definition) is 1. The van der Waals surface area contributed by atoms with Crippen LogP contribution in [0.2, 0.25) is 0 Å². The molecule has 1 aromatic rings. The number of aryl methyl sites for hydroxylation is 1. The Balaban J connectivity index is 2.12. The van der Waals surface area contributed by atoms with Crippen molar-refractivity contribution in [3.05, 3.63) is 11.9 Å². The maximum atomic E-state index is 4.00. The highest BCUT2D eigenvalue weighted by Gasteiger charge is 2.02. The normalized spacial score (nSPS) is 11.6. The Morgan fingerprint density at radius 3 is 2.80 bits per heavy atom. The van der Waals surface area contributed by atoms with Crippen molar-refractivity contribution in [3.63, 3.8) is 0 Å². The Morgan fingerprint density at radius 2 is 2.27 bits per heavy atom. The maximum absolute atomic E-state index is 4.00. The van der Waals surface area contributed by atoms with Crippen molar-refractivity contribution >= 4 is 0 Å². The van der Waals surface area contributed by atoms with Crippen LogP contribution in [0.3, 0.4) is 0 Å². The molecule has 0 aromatic carbocycles. The van der Waals surface area contributed by atoms with E-state index in [1.54, 1.807) is 4.68 Å². The lowest BCUT2D eigenvalue weighted by Crippen LogP contribution is -2.33. The predicted molar refractivity (Wildman–Crippen MR) is 60.5 cm³/mol. The van der Waals surface area contributed by atoms with Gasteiger partial charge in [0.15, 0.2) is 0 Å².